The van der Waals surface area contributed by atoms with Crippen molar-refractivity contribution in [1.29, 1.82) is 0 Å². The van der Waals surface area contributed by atoms with Gasteiger partial charge in [-0.25, -0.2) is 13.6 Å². The fraction of sp³-hybridized carbons (Fsp3) is 0.263. The molecule has 0 saturated carbocycles. The smallest absolute Gasteiger partial charge is 0.294 e. The van der Waals surface area contributed by atoms with Crippen molar-refractivity contribution in [2.24, 2.45) is 0 Å². The first-order valence-corrected chi connectivity index (χ1v) is 9.92. The number of nitrogens with zero attached hydrogens (tertiary/aromatic N) is 2. The number of hydrogen-bond donors (Lipinski definition) is 0. The molecule has 2 aromatic rings. The van der Waals surface area contributed by atoms with E-state index in [9.17, 15) is 49.1 Å². The molecule has 0 bridgehead atoms. The lowest BCUT2D eigenvalue weighted by atomic mass is 10.2. The maximum absolute atomic E-state index is 14.4. The van der Waals surface area contributed by atoms with Gasteiger partial charge in [0, 0.05) is 19.0 Å². The largest absolute Gasteiger partial charge is 0.460 e. The van der Waals surface area contributed by atoms with Gasteiger partial charge < -0.3 is 0 Å². The number of carbonyl (C=O) groups is 2. The number of anilines is 1. The number of carbonyl (C=O) groups excluding carboxylic acids is 2. The molecule has 0 radical (unpaired) electrons. The van der Waals surface area contributed by atoms with Crippen LogP contribution in [0.1, 0.15) is 10.4 Å². The summed E-state index contributed by atoms with van der Waals surface area (Å²) in [6.45, 7) is 0. The standard InChI is InChI=1S/C19H12ClF9N2O2S/c1-30(16(33)31(2)15(32)10-4-3-5-11(21)14(10)20)13-7-6-9(8-12(13)22)34-19(28,29)17(23,24)18(25,26)27/h3-8H,1-2H3. The number of thioether (sulfide) groups is 1. The van der Waals surface area contributed by atoms with Crippen LogP contribution in [-0.4, -0.2) is 48.3 Å². The van der Waals surface area contributed by atoms with Gasteiger partial charge in [-0.1, -0.05) is 17.7 Å². The fourth-order valence-corrected chi connectivity index (χ4v) is 3.51. The van der Waals surface area contributed by atoms with Gasteiger partial charge in [-0.2, -0.15) is 30.7 Å². The summed E-state index contributed by atoms with van der Waals surface area (Å²) in [6, 6.07) is 3.47. The number of alkyl halides is 7. The van der Waals surface area contributed by atoms with Crippen LogP contribution in [0.4, 0.5) is 50.0 Å². The predicted octanol–water partition coefficient (Wildman–Crippen LogP) is 6.83. The first-order chi connectivity index (χ1) is 15.4. The van der Waals surface area contributed by atoms with Crippen LogP contribution in [0.3, 0.4) is 0 Å². The number of hydrogen-bond acceptors (Lipinski definition) is 3. The van der Waals surface area contributed by atoms with Gasteiger partial charge in [-0.05, 0) is 42.1 Å². The Morgan fingerprint density at radius 3 is 2.03 bits per heavy atom. The fourth-order valence-electron chi connectivity index (χ4n) is 2.46. The van der Waals surface area contributed by atoms with E-state index in [0.29, 0.717) is 21.9 Å². The predicted molar refractivity (Wildman–Crippen MR) is 106 cm³/mol. The minimum atomic E-state index is -6.56. The Bertz CT molecular complexity index is 1110. The van der Waals surface area contributed by atoms with Gasteiger partial charge in [0.2, 0.25) is 0 Å². The van der Waals surface area contributed by atoms with Crippen molar-refractivity contribution < 1.29 is 49.1 Å². The highest BCUT2D eigenvalue weighted by atomic mass is 35.5. The van der Waals surface area contributed by atoms with Crippen LogP contribution in [0.25, 0.3) is 0 Å². The molecule has 34 heavy (non-hydrogen) atoms. The summed E-state index contributed by atoms with van der Waals surface area (Å²) in [7, 11) is 1.90. The van der Waals surface area contributed by atoms with Gasteiger partial charge in [0.05, 0.1) is 16.3 Å². The molecule has 0 aromatic heterocycles. The Morgan fingerprint density at radius 1 is 0.912 bits per heavy atom. The molecule has 0 saturated heterocycles. The van der Waals surface area contributed by atoms with E-state index in [1.165, 1.54) is 0 Å². The van der Waals surface area contributed by atoms with Gasteiger partial charge >= 0.3 is 23.4 Å². The van der Waals surface area contributed by atoms with Gasteiger partial charge in [0.25, 0.3) is 5.91 Å². The molecule has 0 aliphatic carbocycles. The van der Waals surface area contributed by atoms with Crippen molar-refractivity contribution in [1.82, 2.24) is 4.90 Å². The second-order valence-corrected chi connectivity index (χ2v) is 8.18. The molecule has 0 spiro atoms. The average Bonchev–Trinajstić information content (AvgIpc) is 2.72. The zero-order valence-electron chi connectivity index (χ0n) is 16.9. The summed E-state index contributed by atoms with van der Waals surface area (Å²) in [6.07, 6.45) is -6.56. The highest BCUT2D eigenvalue weighted by Gasteiger charge is 2.73. The normalized spacial score (nSPS) is 12.5. The lowest BCUT2D eigenvalue weighted by Gasteiger charge is -2.28. The first-order valence-electron chi connectivity index (χ1n) is 8.73. The third-order valence-electron chi connectivity index (χ3n) is 4.31. The van der Waals surface area contributed by atoms with Crippen LogP contribution in [0, 0.1) is 11.6 Å². The Kier molecular flexibility index (Phi) is 7.77. The molecule has 0 N–H and O–H groups in total. The average molecular weight is 539 g/mol. The van der Waals surface area contributed by atoms with Crippen molar-refractivity contribution in [3.63, 3.8) is 0 Å². The summed E-state index contributed by atoms with van der Waals surface area (Å²) >= 11 is 4.47. The number of amides is 3. The number of halogens is 10. The number of urea groups is 1. The van der Waals surface area contributed by atoms with E-state index in [-0.39, 0.29) is 6.07 Å². The van der Waals surface area contributed by atoms with Crippen molar-refractivity contribution in [3.05, 3.63) is 58.6 Å². The topological polar surface area (TPSA) is 40.6 Å². The van der Waals surface area contributed by atoms with Crippen molar-refractivity contribution >= 4 is 41.0 Å². The van der Waals surface area contributed by atoms with Gasteiger partial charge in [-0.3, -0.25) is 14.6 Å². The molecule has 2 rings (SSSR count). The zero-order chi connectivity index (χ0) is 26.2. The van der Waals surface area contributed by atoms with Crippen LogP contribution in [0.5, 0.6) is 0 Å². The van der Waals surface area contributed by atoms with E-state index < -0.39 is 73.9 Å². The lowest BCUT2D eigenvalue weighted by Crippen LogP contribution is -2.49. The number of benzene rings is 2. The molecule has 0 heterocycles. The Balaban J connectivity index is 2.26. The molecular weight excluding hydrogens is 527 g/mol. The van der Waals surface area contributed by atoms with Crippen molar-refractivity contribution in [2.75, 3.05) is 19.0 Å². The van der Waals surface area contributed by atoms with Gasteiger partial charge in [0.1, 0.15) is 11.6 Å². The molecule has 186 valence electrons. The molecule has 15 heteroatoms. The maximum Gasteiger partial charge on any atom is 0.460 e. The molecule has 0 fully saturated rings. The minimum absolute atomic E-state index is 0.218. The molecular formula is C19H12ClF9N2O2S. The van der Waals surface area contributed by atoms with Crippen LogP contribution in [-0.2, 0) is 0 Å². The van der Waals surface area contributed by atoms with Crippen LogP contribution < -0.4 is 4.90 Å². The second kappa shape index (κ2) is 9.56. The molecule has 0 atom stereocenters. The van der Waals surface area contributed by atoms with Crippen LogP contribution >= 0.6 is 23.4 Å². The molecule has 0 aliphatic heterocycles. The monoisotopic (exact) mass is 538 g/mol. The van der Waals surface area contributed by atoms with E-state index in [4.69, 9.17) is 11.6 Å². The Labute approximate surface area is 195 Å². The Hall–Kier alpha value is -2.61. The first kappa shape index (κ1) is 27.6. The van der Waals surface area contributed by atoms with E-state index in [1.54, 1.807) is 0 Å². The summed E-state index contributed by atoms with van der Waals surface area (Å²) < 4.78 is 118. The molecule has 0 unspecified atom stereocenters. The van der Waals surface area contributed by atoms with E-state index >= 15 is 0 Å². The third-order valence-corrected chi connectivity index (χ3v) is 5.70. The highest BCUT2D eigenvalue weighted by molar-refractivity contribution is 8.00. The van der Waals surface area contributed by atoms with Crippen LogP contribution in [0.15, 0.2) is 41.3 Å². The maximum atomic E-state index is 14.4. The van der Waals surface area contributed by atoms with Crippen LogP contribution in [0.2, 0.25) is 5.02 Å². The molecule has 4 nitrogen and oxygen atoms in total. The van der Waals surface area contributed by atoms with Gasteiger partial charge in [-0.15, -0.1) is 0 Å². The van der Waals surface area contributed by atoms with E-state index in [1.807, 2.05) is 0 Å². The highest BCUT2D eigenvalue weighted by Crippen LogP contribution is 2.54. The molecule has 3 amide bonds. The Morgan fingerprint density at radius 2 is 1.50 bits per heavy atom. The van der Waals surface area contributed by atoms with Crippen molar-refractivity contribution in [3.8, 4) is 0 Å². The molecule has 2 aromatic carbocycles. The minimum Gasteiger partial charge on any atom is -0.294 e. The zero-order valence-corrected chi connectivity index (χ0v) is 18.4. The second-order valence-electron chi connectivity index (χ2n) is 6.61. The van der Waals surface area contributed by atoms with E-state index in [2.05, 4.69) is 0 Å². The summed E-state index contributed by atoms with van der Waals surface area (Å²) in [5.41, 5.74) is -1.03. The lowest BCUT2D eigenvalue weighted by molar-refractivity contribution is -0.330. The SMILES string of the molecule is CN(C(=O)c1cccc(F)c1Cl)C(=O)N(C)c1ccc(SC(F)(F)C(F)(F)C(F)(F)F)cc1F. The number of rotatable bonds is 5. The van der Waals surface area contributed by atoms with Gasteiger partial charge in [0.15, 0.2) is 0 Å². The summed E-state index contributed by atoms with van der Waals surface area (Å²) in [4.78, 5) is 25.0. The van der Waals surface area contributed by atoms with E-state index in [0.717, 1.165) is 32.3 Å². The molecule has 0 aliphatic rings. The summed E-state index contributed by atoms with van der Waals surface area (Å²) in [5, 5.41) is -6.25. The quantitative estimate of drug-likeness (QED) is 0.309. The van der Waals surface area contributed by atoms with Crippen molar-refractivity contribution in [2.45, 2.75) is 22.2 Å². The summed E-state index contributed by atoms with van der Waals surface area (Å²) in [5.74, 6) is -9.89. The number of imide groups is 1. The third kappa shape index (κ3) is 5.22.